The monoisotopic (exact) mass is 374 g/mol. The number of benzene rings is 1. The van der Waals surface area contributed by atoms with Crippen LogP contribution in [-0.4, -0.2) is 48.4 Å². The number of aryl methyl sites for hydroxylation is 1. The van der Waals surface area contributed by atoms with E-state index in [9.17, 15) is 5.11 Å². The predicted molar refractivity (Wildman–Crippen MR) is 104 cm³/mol. The number of hydrogen-bond donors (Lipinski definition) is 1. The van der Waals surface area contributed by atoms with Crippen molar-refractivity contribution < 1.29 is 19.0 Å². The Morgan fingerprint density at radius 2 is 2.04 bits per heavy atom. The Hall–Kier alpha value is -2.05. The van der Waals surface area contributed by atoms with Gasteiger partial charge in [0.05, 0.1) is 25.5 Å². The van der Waals surface area contributed by atoms with Gasteiger partial charge in [-0.15, -0.1) is 0 Å². The fraction of sp³-hybridized carbons (Fsp3) is 0.571. The molecule has 0 bridgehead atoms. The molecule has 0 spiro atoms. The summed E-state index contributed by atoms with van der Waals surface area (Å²) in [6.45, 7) is 5.94. The van der Waals surface area contributed by atoms with E-state index in [0.717, 1.165) is 60.0 Å². The third kappa shape index (κ3) is 4.12. The maximum atomic E-state index is 9.35. The van der Waals surface area contributed by atoms with Gasteiger partial charge in [-0.3, -0.25) is 4.90 Å². The highest BCUT2D eigenvalue weighted by Gasteiger charge is 2.25. The zero-order valence-electron chi connectivity index (χ0n) is 16.7. The molecule has 1 aliphatic heterocycles. The van der Waals surface area contributed by atoms with E-state index in [4.69, 9.17) is 18.9 Å². The summed E-state index contributed by atoms with van der Waals surface area (Å²) in [5, 5.41) is 9.35. The maximum absolute atomic E-state index is 9.35. The summed E-state index contributed by atoms with van der Waals surface area (Å²) in [6.07, 6.45) is 4.37. The molecule has 0 saturated carbocycles. The smallest absolute Gasteiger partial charge is 0.230 e. The Morgan fingerprint density at radius 3 is 2.74 bits per heavy atom. The van der Waals surface area contributed by atoms with Crippen LogP contribution in [0.1, 0.15) is 42.7 Å². The second-order valence-electron chi connectivity index (χ2n) is 7.13. The van der Waals surface area contributed by atoms with Crippen molar-refractivity contribution in [1.82, 2.24) is 9.88 Å². The largest absolute Gasteiger partial charge is 0.496 e. The first-order chi connectivity index (χ1) is 13.1. The van der Waals surface area contributed by atoms with Gasteiger partial charge in [0.15, 0.2) is 0 Å². The Morgan fingerprint density at radius 1 is 1.22 bits per heavy atom. The molecule has 1 saturated heterocycles. The summed E-state index contributed by atoms with van der Waals surface area (Å²) < 4.78 is 17.0. The molecule has 0 amide bonds. The number of aliphatic hydroxyl groups excluding tert-OH is 1. The third-order valence-electron chi connectivity index (χ3n) is 5.47. The van der Waals surface area contributed by atoms with Crippen LogP contribution in [0, 0.1) is 13.8 Å². The first-order valence-electron chi connectivity index (χ1n) is 9.62. The van der Waals surface area contributed by atoms with Gasteiger partial charge in [0.2, 0.25) is 5.89 Å². The highest BCUT2D eigenvalue weighted by atomic mass is 16.5. The van der Waals surface area contributed by atoms with Crippen LogP contribution in [0.25, 0.3) is 11.5 Å². The summed E-state index contributed by atoms with van der Waals surface area (Å²) in [4.78, 5) is 7.20. The van der Waals surface area contributed by atoms with Crippen LogP contribution < -0.4 is 9.47 Å². The predicted octanol–water partition coefficient (Wildman–Crippen LogP) is 3.71. The summed E-state index contributed by atoms with van der Waals surface area (Å²) in [5.74, 6) is 2.90. The molecule has 6 heteroatoms. The highest BCUT2D eigenvalue weighted by Crippen LogP contribution is 2.38. The first kappa shape index (κ1) is 19.7. The molecule has 1 aromatic heterocycles. The first-order valence-corrected chi connectivity index (χ1v) is 9.62. The summed E-state index contributed by atoms with van der Waals surface area (Å²) in [6, 6.07) is 4.25. The van der Waals surface area contributed by atoms with Crippen molar-refractivity contribution in [2.45, 2.75) is 52.1 Å². The lowest BCUT2D eigenvalue weighted by molar-refractivity contribution is 0.111. The van der Waals surface area contributed by atoms with Crippen LogP contribution in [0.5, 0.6) is 11.5 Å². The molecule has 2 heterocycles. The number of piperidine rings is 1. The lowest BCUT2D eigenvalue weighted by atomic mass is 9.99. The van der Waals surface area contributed by atoms with Gasteiger partial charge in [0.25, 0.3) is 0 Å². The average molecular weight is 374 g/mol. The zero-order chi connectivity index (χ0) is 19.4. The molecule has 148 valence electrons. The highest BCUT2D eigenvalue weighted by molar-refractivity contribution is 5.68. The lowest BCUT2D eigenvalue weighted by Crippen LogP contribution is -2.39. The second-order valence-corrected chi connectivity index (χ2v) is 7.13. The van der Waals surface area contributed by atoms with Crippen molar-refractivity contribution in [3.8, 4) is 23.0 Å². The van der Waals surface area contributed by atoms with E-state index in [0.29, 0.717) is 11.9 Å². The maximum Gasteiger partial charge on any atom is 0.230 e. The third-order valence-corrected chi connectivity index (χ3v) is 5.47. The quantitative estimate of drug-likeness (QED) is 0.797. The lowest BCUT2D eigenvalue weighted by Gasteiger charge is -2.35. The van der Waals surface area contributed by atoms with Crippen LogP contribution in [0.15, 0.2) is 16.5 Å². The van der Waals surface area contributed by atoms with Gasteiger partial charge >= 0.3 is 0 Å². The number of rotatable bonds is 7. The minimum absolute atomic E-state index is 0.229. The Balaban J connectivity index is 1.87. The van der Waals surface area contributed by atoms with Crippen molar-refractivity contribution in [1.29, 1.82) is 0 Å². The number of oxazole rings is 1. The van der Waals surface area contributed by atoms with E-state index in [1.807, 2.05) is 26.0 Å². The normalized spacial score (nSPS) is 17.9. The standard InChI is InChI=1S/C21H30N2O4/c1-14-19(25-3)9-8-17(20(14)26-4)21-22-18(15(2)27-21)13-23-11-6-5-7-16(23)10-12-24/h8-9,16,24H,5-7,10-13H2,1-4H3/t16-/m1/s1. The number of nitrogens with zero attached hydrogens (tertiary/aromatic N) is 2. The molecule has 3 rings (SSSR count). The molecule has 1 aromatic carbocycles. The molecule has 2 aromatic rings. The van der Waals surface area contributed by atoms with Crippen LogP contribution >= 0.6 is 0 Å². The van der Waals surface area contributed by atoms with Gasteiger partial charge < -0.3 is 19.0 Å². The van der Waals surface area contributed by atoms with Crippen LogP contribution in [0.2, 0.25) is 0 Å². The van der Waals surface area contributed by atoms with E-state index in [1.54, 1.807) is 14.2 Å². The zero-order valence-corrected chi connectivity index (χ0v) is 16.7. The van der Waals surface area contributed by atoms with E-state index < -0.39 is 0 Å². The van der Waals surface area contributed by atoms with Crippen molar-refractivity contribution in [3.63, 3.8) is 0 Å². The van der Waals surface area contributed by atoms with Crippen molar-refractivity contribution in [2.75, 3.05) is 27.4 Å². The summed E-state index contributed by atoms with van der Waals surface area (Å²) >= 11 is 0. The van der Waals surface area contributed by atoms with Crippen molar-refractivity contribution in [3.05, 3.63) is 29.2 Å². The Kier molecular flexibility index (Phi) is 6.39. The summed E-state index contributed by atoms with van der Waals surface area (Å²) in [5.41, 5.74) is 2.70. The molecule has 6 nitrogen and oxygen atoms in total. The number of ether oxygens (including phenoxy) is 2. The van der Waals surface area contributed by atoms with E-state index in [-0.39, 0.29) is 6.61 Å². The molecule has 1 fully saturated rings. The van der Waals surface area contributed by atoms with E-state index in [1.165, 1.54) is 12.8 Å². The average Bonchev–Trinajstić information content (AvgIpc) is 3.03. The molecular weight excluding hydrogens is 344 g/mol. The number of aliphatic hydroxyl groups is 1. The number of hydrogen-bond acceptors (Lipinski definition) is 6. The molecule has 1 N–H and O–H groups in total. The van der Waals surface area contributed by atoms with Crippen molar-refractivity contribution in [2.24, 2.45) is 0 Å². The van der Waals surface area contributed by atoms with Gasteiger partial charge in [0, 0.05) is 24.8 Å². The number of methoxy groups -OCH3 is 2. The summed E-state index contributed by atoms with van der Waals surface area (Å²) in [7, 11) is 3.30. The molecule has 27 heavy (non-hydrogen) atoms. The molecular formula is C21H30N2O4. The number of aromatic nitrogens is 1. The van der Waals surface area contributed by atoms with Crippen LogP contribution in [0.3, 0.4) is 0 Å². The SMILES string of the molecule is COc1ccc(-c2nc(CN3CCCC[C@@H]3CCO)c(C)o2)c(OC)c1C. The van der Waals surface area contributed by atoms with E-state index in [2.05, 4.69) is 4.90 Å². The van der Waals surface area contributed by atoms with Gasteiger partial charge in [-0.1, -0.05) is 6.42 Å². The molecule has 0 radical (unpaired) electrons. The van der Waals surface area contributed by atoms with E-state index >= 15 is 0 Å². The number of likely N-dealkylation sites (tertiary alicyclic amines) is 1. The fourth-order valence-corrected chi connectivity index (χ4v) is 3.95. The minimum Gasteiger partial charge on any atom is -0.496 e. The van der Waals surface area contributed by atoms with Gasteiger partial charge in [-0.25, -0.2) is 4.98 Å². The Bertz CT molecular complexity index is 770. The fourth-order valence-electron chi connectivity index (χ4n) is 3.95. The molecule has 1 atom stereocenters. The second kappa shape index (κ2) is 8.76. The van der Waals surface area contributed by atoms with Gasteiger partial charge in [0.1, 0.15) is 17.3 Å². The van der Waals surface area contributed by atoms with Gasteiger partial charge in [-0.2, -0.15) is 0 Å². The molecule has 0 unspecified atom stereocenters. The molecule has 0 aliphatic carbocycles. The van der Waals surface area contributed by atoms with Gasteiger partial charge in [-0.05, 0) is 51.8 Å². The minimum atomic E-state index is 0.229. The Labute approximate surface area is 161 Å². The molecule has 1 aliphatic rings. The van der Waals surface area contributed by atoms with Crippen molar-refractivity contribution >= 4 is 0 Å². The topological polar surface area (TPSA) is 68.0 Å². The van der Waals surface area contributed by atoms with Crippen LogP contribution in [-0.2, 0) is 6.54 Å². The van der Waals surface area contributed by atoms with Crippen LogP contribution in [0.4, 0.5) is 0 Å².